The van der Waals surface area contributed by atoms with Crippen LogP contribution in [0.15, 0.2) is 97.3 Å². The van der Waals surface area contributed by atoms with Crippen LogP contribution in [0.2, 0.25) is 10.0 Å². The third-order valence-electron chi connectivity index (χ3n) is 15.1. The Hall–Kier alpha value is -7.33. The van der Waals surface area contributed by atoms with Gasteiger partial charge in [0.25, 0.3) is 0 Å². The number of hydrogen-bond acceptors (Lipinski definition) is 14. The van der Waals surface area contributed by atoms with Crippen molar-refractivity contribution in [2.75, 3.05) is 44.9 Å². The highest BCUT2D eigenvalue weighted by molar-refractivity contribution is 6.39. The molecule has 3 aliphatic heterocycles. The zero-order chi connectivity index (χ0) is 55.2. The summed E-state index contributed by atoms with van der Waals surface area (Å²) < 4.78 is 50.1. The maximum absolute atomic E-state index is 15.7. The van der Waals surface area contributed by atoms with Crippen molar-refractivity contribution in [1.82, 2.24) is 50.7 Å². The first kappa shape index (κ1) is 53.7. The minimum Gasteiger partial charge on any atom is -0.486 e. The monoisotopic (exact) mass is 1120 g/mol. The first-order valence-electron chi connectivity index (χ1n) is 26.1. The predicted molar refractivity (Wildman–Crippen MR) is 294 cm³/mol. The van der Waals surface area contributed by atoms with Crippen LogP contribution in [-0.2, 0) is 20.9 Å². The van der Waals surface area contributed by atoms with E-state index < -0.39 is 48.5 Å². The molecule has 0 aliphatic carbocycles. The number of aromatic nitrogens is 7. The average molecular weight is 1120 g/mol. The number of anilines is 1. The summed E-state index contributed by atoms with van der Waals surface area (Å²) in [7, 11) is 1.59. The van der Waals surface area contributed by atoms with Gasteiger partial charge in [0.1, 0.15) is 54.0 Å². The zero-order valence-corrected chi connectivity index (χ0v) is 45.1. The third-order valence-corrected chi connectivity index (χ3v) is 15.8. The van der Waals surface area contributed by atoms with Gasteiger partial charge < -0.3 is 44.9 Å². The van der Waals surface area contributed by atoms with Gasteiger partial charge in [-0.05, 0) is 48.1 Å². The molecule has 2 bridgehead atoms. The Morgan fingerprint density at radius 2 is 1.68 bits per heavy atom. The minimum atomic E-state index is -1.04. The van der Waals surface area contributed by atoms with E-state index >= 15 is 4.39 Å². The number of hydrogen-bond donors (Lipinski definition) is 5. The Morgan fingerprint density at radius 1 is 0.911 bits per heavy atom. The Kier molecular flexibility index (Phi) is 15.2. The number of amides is 2. The summed E-state index contributed by atoms with van der Waals surface area (Å²) >= 11 is 14.2. The standard InChI is InChI=1S/C57H57Cl2F2N11O7/c1-29(2)52(56(76)71-24-37(74)18-47(71)55(75)64-46(26-73)34-15-13-32(14-16-34)38-7-5-6-8-42(38)60)72-25-45(68-69-72)33-11-9-31(10-12-33)28-78-53-49(48-40-22-63-67-44(40)20-43(61)50(48)59)41(58)19-39-51(53)65-57(79-27-30(3)77-4)66-54(39)70-23-35-17-36(70)21-62-35/h5-16,19-20,22,25,29-30,35-37,46-47,52,62,73-74H,17-18,21,23-24,26-28H2,1-4H3,(H,63,67)(H,64,75)/t30-,35-,36-,37+,46-,47-,52-/m0/s1. The van der Waals surface area contributed by atoms with Crippen LogP contribution in [0, 0.1) is 17.6 Å². The highest BCUT2D eigenvalue weighted by atomic mass is 35.5. The van der Waals surface area contributed by atoms with E-state index in [9.17, 15) is 24.2 Å². The average Bonchev–Trinajstić information content (AvgIpc) is 4.47. The van der Waals surface area contributed by atoms with E-state index in [-0.39, 0.29) is 83.5 Å². The van der Waals surface area contributed by atoms with Crippen LogP contribution in [0.3, 0.4) is 0 Å². The lowest BCUT2D eigenvalue weighted by Crippen LogP contribution is -2.50. The van der Waals surface area contributed by atoms with Crippen LogP contribution < -0.4 is 25.0 Å². The van der Waals surface area contributed by atoms with Gasteiger partial charge in [-0.3, -0.25) is 14.7 Å². The number of aliphatic hydroxyl groups is 2. The lowest BCUT2D eigenvalue weighted by Gasteiger charge is -2.30. The number of nitrogens with zero attached hydrogens (tertiary/aromatic N) is 8. The molecule has 410 valence electrons. The van der Waals surface area contributed by atoms with Crippen molar-refractivity contribution in [2.24, 2.45) is 5.92 Å². The second kappa shape index (κ2) is 22.4. The summed E-state index contributed by atoms with van der Waals surface area (Å²) in [4.78, 5) is 42.0. The Morgan fingerprint density at radius 3 is 2.39 bits per heavy atom. The zero-order valence-electron chi connectivity index (χ0n) is 43.5. The number of β-amino-alcohol motifs (C(OH)–C–C–N with tert-alkyl or cyclic N) is 1. The van der Waals surface area contributed by atoms with Crippen LogP contribution in [0.4, 0.5) is 14.6 Å². The number of halogens is 4. The SMILES string of the molecule is CO[C@@H](C)COc1nc(N2C[C@@H]3C[C@H]2CN3)c2cc(Cl)c(-c3c(Cl)c(F)cc4[nH]ncc34)c(OCc3ccc(-c4cn([C@H](C(=O)N5C[C@H](O)C[C@H]5C(=O)N[C@@H](CO)c5ccc(-c6ccccc6F)cc5)C(C)C)nn4)cc3)c2n1. The Labute approximate surface area is 463 Å². The number of H-pyrrole nitrogens is 1. The van der Waals surface area contributed by atoms with E-state index in [4.69, 9.17) is 47.4 Å². The van der Waals surface area contributed by atoms with Gasteiger partial charge in [0.2, 0.25) is 11.8 Å². The largest absolute Gasteiger partial charge is 0.486 e. The molecule has 0 saturated carbocycles. The Balaban J connectivity index is 0.852. The van der Waals surface area contributed by atoms with Crippen molar-refractivity contribution in [3.63, 3.8) is 0 Å². The number of fused-ring (bicyclic) bond motifs is 4. The van der Waals surface area contributed by atoms with Gasteiger partial charge >= 0.3 is 6.01 Å². The van der Waals surface area contributed by atoms with Gasteiger partial charge in [0.05, 0.1) is 52.8 Å². The van der Waals surface area contributed by atoms with E-state index in [0.29, 0.717) is 67.7 Å². The first-order valence-corrected chi connectivity index (χ1v) is 26.8. The number of aliphatic hydroxyl groups excluding tert-OH is 2. The van der Waals surface area contributed by atoms with Gasteiger partial charge in [-0.15, -0.1) is 5.10 Å². The Bertz CT molecular complexity index is 3570. The van der Waals surface area contributed by atoms with Gasteiger partial charge in [-0.25, -0.2) is 13.5 Å². The molecular formula is C57H57Cl2F2N11O7. The summed E-state index contributed by atoms with van der Waals surface area (Å²) in [6, 6.07) is 21.4. The van der Waals surface area contributed by atoms with Crippen molar-refractivity contribution in [2.45, 2.75) is 82.6 Å². The molecule has 5 aromatic carbocycles. The molecule has 3 saturated heterocycles. The number of likely N-dealkylation sites (tertiary alicyclic amines) is 1. The molecule has 0 unspecified atom stereocenters. The summed E-state index contributed by atoms with van der Waals surface area (Å²) in [6.07, 6.45) is 2.91. The smallest absolute Gasteiger partial charge is 0.319 e. The first-order chi connectivity index (χ1) is 38.2. The molecule has 11 rings (SSSR count). The second-order valence-corrected chi connectivity index (χ2v) is 21.5. The maximum Gasteiger partial charge on any atom is 0.319 e. The fraction of sp³-hybridized carbons (Fsp3) is 0.351. The van der Waals surface area contributed by atoms with Gasteiger partial charge in [-0.2, -0.15) is 15.1 Å². The summed E-state index contributed by atoms with van der Waals surface area (Å²) in [6.45, 7) is 6.70. The highest BCUT2D eigenvalue weighted by Gasteiger charge is 2.44. The van der Waals surface area contributed by atoms with Crippen LogP contribution in [0.5, 0.6) is 11.8 Å². The van der Waals surface area contributed by atoms with Gasteiger partial charge in [-0.1, -0.05) is 109 Å². The molecule has 3 aliphatic rings. The van der Waals surface area contributed by atoms with E-state index in [0.717, 1.165) is 18.5 Å². The lowest BCUT2D eigenvalue weighted by molar-refractivity contribution is -0.142. The van der Waals surface area contributed by atoms with Crippen LogP contribution in [-0.4, -0.2) is 132 Å². The van der Waals surface area contributed by atoms with Crippen molar-refractivity contribution < 1.29 is 42.8 Å². The van der Waals surface area contributed by atoms with Crippen LogP contribution in [0.1, 0.15) is 56.8 Å². The summed E-state index contributed by atoms with van der Waals surface area (Å²) in [5, 5.41) is 44.7. The summed E-state index contributed by atoms with van der Waals surface area (Å²) in [5.41, 5.74) is 4.83. The molecule has 18 nitrogen and oxygen atoms in total. The number of ether oxygens (including phenoxy) is 3. The molecule has 3 aromatic heterocycles. The predicted octanol–water partition coefficient (Wildman–Crippen LogP) is 8.24. The number of methoxy groups -OCH3 is 1. The van der Waals surface area contributed by atoms with Crippen molar-refractivity contribution in [3.8, 4) is 45.3 Å². The molecule has 0 radical (unpaired) electrons. The molecule has 0 spiro atoms. The molecule has 79 heavy (non-hydrogen) atoms. The van der Waals surface area contributed by atoms with Gasteiger partial charge in [0, 0.05) is 84.3 Å². The number of benzene rings is 5. The van der Waals surface area contributed by atoms with Crippen molar-refractivity contribution >= 4 is 62.6 Å². The van der Waals surface area contributed by atoms with Gasteiger partial charge in [0.15, 0.2) is 5.75 Å². The van der Waals surface area contributed by atoms with Crippen molar-refractivity contribution in [3.05, 3.63) is 130 Å². The normalized spacial score (nSPS) is 19.2. The van der Waals surface area contributed by atoms with E-state index in [1.54, 1.807) is 68.0 Å². The number of carbonyl (C=O) groups excluding carboxylic acids is 2. The summed E-state index contributed by atoms with van der Waals surface area (Å²) in [5.74, 6) is -1.52. The number of rotatable bonds is 18. The number of nitrogens with one attached hydrogen (secondary N) is 3. The topological polar surface area (TPSA) is 218 Å². The highest BCUT2D eigenvalue weighted by Crippen LogP contribution is 2.50. The maximum atomic E-state index is 15.7. The molecule has 5 N–H and O–H groups in total. The second-order valence-electron chi connectivity index (χ2n) is 20.7. The molecular weight excluding hydrogens is 1060 g/mol. The minimum absolute atomic E-state index is 0.00733. The van der Waals surface area contributed by atoms with E-state index in [2.05, 4.69) is 36.0 Å². The van der Waals surface area contributed by atoms with Crippen molar-refractivity contribution in [1.29, 1.82) is 0 Å². The molecule has 7 atom stereocenters. The lowest BCUT2D eigenvalue weighted by atomic mass is 9.98. The number of aromatic amines is 1. The molecule has 2 amide bonds. The van der Waals surface area contributed by atoms with E-state index in [1.165, 1.54) is 21.7 Å². The molecule has 22 heteroatoms. The quantitative estimate of drug-likeness (QED) is 0.0547. The molecule has 8 aromatic rings. The third kappa shape index (κ3) is 10.6. The fourth-order valence-corrected chi connectivity index (χ4v) is 11.5. The number of piperazine rings is 1. The van der Waals surface area contributed by atoms with E-state index in [1.807, 2.05) is 45.0 Å². The fourth-order valence-electron chi connectivity index (χ4n) is 10.9. The molecule has 6 heterocycles. The molecule has 3 fully saturated rings. The van der Waals surface area contributed by atoms with Crippen LogP contribution in [0.25, 0.3) is 55.3 Å². The number of carbonyl (C=O) groups is 2. The van der Waals surface area contributed by atoms with Crippen LogP contribution >= 0.6 is 23.2 Å².